The highest BCUT2D eigenvalue weighted by molar-refractivity contribution is 8.02. The average molecular weight is 426 g/mol. The summed E-state index contributed by atoms with van der Waals surface area (Å²) in [5.41, 5.74) is 1.88. The zero-order chi connectivity index (χ0) is 19.4. The summed E-state index contributed by atoms with van der Waals surface area (Å²) in [6.07, 6.45) is 0. The summed E-state index contributed by atoms with van der Waals surface area (Å²) in [5.74, 6) is 0.172. The zero-order valence-electron chi connectivity index (χ0n) is 15.7. The summed E-state index contributed by atoms with van der Waals surface area (Å²) >= 11 is 9.07. The van der Waals surface area contributed by atoms with E-state index in [0.717, 1.165) is 48.3 Å². The van der Waals surface area contributed by atoms with E-state index in [1.807, 2.05) is 36.9 Å². The Balaban J connectivity index is 1.57. The third-order valence-corrected chi connectivity index (χ3v) is 7.09. The van der Waals surface area contributed by atoms with Gasteiger partial charge in [0.05, 0.1) is 5.25 Å². The summed E-state index contributed by atoms with van der Waals surface area (Å²) in [6, 6.07) is 5.71. The molecule has 6 nitrogen and oxygen atoms in total. The first-order valence-corrected chi connectivity index (χ1v) is 11.1. The fourth-order valence-corrected chi connectivity index (χ4v) is 5.08. The van der Waals surface area contributed by atoms with Crippen LogP contribution < -0.4 is 5.32 Å². The fraction of sp³-hybridized carbons (Fsp3) is 0.500. The Bertz CT molecular complexity index is 792. The molecule has 1 aliphatic heterocycles. The van der Waals surface area contributed by atoms with E-state index in [-0.39, 0.29) is 11.2 Å². The minimum absolute atomic E-state index is 0.172. The molecule has 3 rings (SSSR count). The highest BCUT2D eigenvalue weighted by Crippen LogP contribution is 2.32. The van der Waals surface area contributed by atoms with Crippen molar-refractivity contribution < 1.29 is 4.79 Å². The molecule has 27 heavy (non-hydrogen) atoms. The molecule has 1 saturated heterocycles. The molecule has 0 saturated carbocycles. The quantitative estimate of drug-likeness (QED) is 0.708. The average Bonchev–Trinajstić information content (AvgIpc) is 3.11. The zero-order valence-corrected chi connectivity index (χ0v) is 18.1. The van der Waals surface area contributed by atoms with Crippen LogP contribution in [0.1, 0.15) is 19.4 Å². The Morgan fingerprint density at radius 3 is 2.78 bits per heavy atom. The highest BCUT2D eigenvalue weighted by atomic mass is 35.5. The molecular formula is C18H24ClN5OS2. The first kappa shape index (κ1) is 20.4. The second kappa shape index (κ2) is 9.23. The maximum absolute atomic E-state index is 12.7. The molecule has 1 aromatic heterocycles. The van der Waals surface area contributed by atoms with Crippen molar-refractivity contribution in [2.75, 3.05) is 38.0 Å². The van der Waals surface area contributed by atoms with E-state index in [0.29, 0.717) is 10.2 Å². The minimum Gasteiger partial charge on any atom is -0.339 e. The van der Waals surface area contributed by atoms with E-state index in [1.54, 1.807) is 0 Å². The Labute approximate surface area is 173 Å². The molecule has 1 aromatic carbocycles. The molecule has 1 amide bonds. The Kier molecular flexibility index (Phi) is 6.97. The largest absolute Gasteiger partial charge is 0.339 e. The van der Waals surface area contributed by atoms with Gasteiger partial charge in [0.25, 0.3) is 0 Å². The Morgan fingerprint density at radius 1 is 1.33 bits per heavy atom. The number of nitrogens with zero attached hydrogens (tertiary/aromatic N) is 4. The fourth-order valence-electron chi connectivity index (χ4n) is 2.91. The van der Waals surface area contributed by atoms with Crippen LogP contribution in [0.2, 0.25) is 5.02 Å². The van der Waals surface area contributed by atoms with E-state index in [1.165, 1.54) is 23.1 Å². The van der Waals surface area contributed by atoms with Crippen LogP contribution in [0.15, 0.2) is 22.5 Å². The number of hydrogen-bond acceptors (Lipinski definition) is 7. The van der Waals surface area contributed by atoms with Gasteiger partial charge >= 0.3 is 0 Å². The lowest BCUT2D eigenvalue weighted by Gasteiger charge is -2.35. The first-order valence-electron chi connectivity index (χ1n) is 9.01. The number of hydrogen-bond donors (Lipinski definition) is 1. The second-order valence-corrected chi connectivity index (χ2v) is 9.40. The lowest BCUT2D eigenvalue weighted by atomic mass is 10.2. The summed E-state index contributed by atoms with van der Waals surface area (Å²) in [5, 5.41) is 12.9. The lowest BCUT2D eigenvalue weighted by molar-refractivity contribution is -0.132. The van der Waals surface area contributed by atoms with Crippen molar-refractivity contribution in [1.29, 1.82) is 0 Å². The van der Waals surface area contributed by atoms with Crippen LogP contribution in [0.5, 0.6) is 0 Å². The normalized spacial score (nSPS) is 16.4. The standard InChI is InChI=1S/C18H24ClN5OS2/c1-4-23-8-10-24(11-9-23)16(25)13(3)26-18-22-21-17(27-18)20-15-7-5-6-14(19)12(15)2/h5-7,13H,4,8-11H2,1-3H3,(H,20,21). The molecular weight excluding hydrogens is 402 g/mol. The third kappa shape index (κ3) is 5.13. The molecule has 1 N–H and O–H groups in total. The molecule has 2 heterocycles. The van der Waals surface area contributed by atoms with E-state index in [2.05, 4.69) is 27.3 Å². The third-order valence-electron chi connectivity index (χ3n) is 4.67. The number of likely N-dealkylation sites (N-methyl/N-ethyl adjacent to an activating group) is 1. The Morgan fingerprint density at radius 2 is 2.07 bits per heavy atom. The maximum atomic E-state index is 12.7. The van der Waals surface area contributed by atoms with Crippen molar-refractivity contribution in [2.24, 2.45) is 0 Å². The van der Waals surface area contributed by atoms with Gasteiger partial charge in [0.2, 0.25) is 11.0 Å². The monoisotopic (exact) mass is 425 g/mol. The van der Waals surface area contributed by atoms with Crippen LogP contribution in [0, 0.1) is 6.92 Å². The van der Waals surface area contributed by atoms with Gasteiger partial charge in [-0.1, -0.05) is 47.7 Å². The van der Waals surface area contributed by atoms with Crippen molar-refractivity contribution in [2.45, 2.75) is 30.4 Å². The number of halogens is 1. The number of nitrogens with one attached hydrogen (secondary N) is 1. The molecule has 146 valence electrons. The van der Waals surface area contributed by atoms with E-state index in [9.17, 15) is 4.79 Å². The van der Waals surface area contributed by atoms with Crippen LogP contribution >= 0.6 is 34.7 Å². The number of carbonyl (C=O) groups is 1. The van der Waals surface area contributed by atoms with E-state index in [4.69, 9.17) is 11.6 Å². The van der Waals surface area contributed by atoms with Crippen molar-refractivity contribution in [3.05, 3.63) is 28.8 Å². The number of carbonyl (C=O) groups excluding carboxylic acids is 1. The molecule has 0 bridgehead atoms. The molecule has 0 spiro atoms. The number of rotatable bonds is 6. The number of amides is 1. The van der Waals surface area contributed by atoms with Gasteiger partial charge in [0.1, 0.15) is 0 Å². The van der Waals surface area contributed by atoms with Crippen molar-refractivity contribution in [3.8, 4) is 0 Å². The molecule has 0 radical (unpaired) electrons. The molecule has 1 unspecified atom stereocenters. The predicted octanol–water partition coefficient (Wildman–Crippen LogP) is 3.89. The van der Waals surface area contributed by atoms with Gasteiger partial charge in [-0.2, -0.15) is 0 Å². The first-order chi connectivity index (χ1) is 13.0. The summed E-state index contributed by atoms with van der Waals surface area (Å²) in [6.45, 7) is 10.6. The van der Waals surface area contributed by atoms with Gasteiger partial charge in [0.15, 0.2) is 4.34 Å². The van der Waals surface area contributed by atoms with E-state index < -0.39 is 0 Å². The van der Waals surface area contributed by atoms with Crippen molar-refractivity contribution in [3.63, 3.8) is 0 Å². The van der Waals surface area contributed by atoms with Crippen molar-refractivity contribution in [1.82, 2.24) is 20.0 Å². The molecule has 1 atom stereocenters. The predicted molar refractivity (Wildman–Crippen MR) is 113 cm³/mol. The number of aromatic nitrogens is 2. The number of benzene rings is 1. The molecule has 0 aliphatic carbocycles. The van der Waals surface area contributed by atoms with Crippen molar-refractivity contribution >= 4 is 51.4 Å². The topological polar surface area (TPSA) is 61.4 Å². The van der Waals surface area contributed by atoms with Gasteiger partial charge in [-0.25, -0.2) is 0 Å². The van der Waals surface area contributed by atoms with Crippen LogP contribution in [0.4, 0.5) is 10.8 Å². The molecule has 1 fully saturated rings. The van der Waals surface area contributed by atoms with Crippen LogP contribution in [0.3, 0.4) is 0 Å². The molecule has 2 aromatic rings. The number of piperazine rings is 1. The molecule has 1 aliphatic rings. The van der Waals surface area contributed by atoms with Gasteiger partial charge in [0, 0.05) is 36.9 Å². The minimum atomic E-state index is -0.174. The smallest absolute Gasteiger partial charge is 0.235 e. The van der Waals surface area contributed by atoms with Crippen LogP contribution in [-0.2, 0) is 4.79 Å². The van der Waals surface area contributed by atoms with Gasteiger partial charge in [-0.3, -0.25) is 4.79 Å². The number of thioether (sulfide) groups is 1. The molecule has 9 heteroatoms. The van der Waals surface area contributed by atoms with Crippen LogP contribution in [0.25, 0.3) is 0 Å². The highest BCUT2D eigenvalue weighted by Gasteiger charge is 2.26. The van der Waals surface area contributed by atoms with Gasteiger partial charge in [-0.05, 0) is 38.1 Å². The van der Waals surface area contributed by atoms with E-state index >= 15 is 0 Å². The SMILES string of the molecule is CCN1CCN(C(=O)C(C)Sc2nnc(Nc3cccc(Cl)c3C)s2)CC1. The summed E-state index contributed by atoms with van der Waals surface area (Å²) in [7, 11) is 0. The van der Waals surface area contributed by atoms with Crippen LogP contribution in [-0.4, -0.2) is 63.9 Å². The van der Waals surface area contributed by atoms with Gasteiger partial charge in [-0.15, -0.1) is 10.2 Å². The number of anilines is 2. The summed E-state index contributed by atoms with van der Waals surface area (Å²) in [4.78, 5) is 17.0. The maximum Gasteiger partial charge on any atom is 0.235 e. The van der Waals surface area contributed by atoms with Gasteiger partial charge < -0.3 is 15.1 Å². The second-order valence-electron chi connectivity index (χ2n) is 6.43. The summed E-state index contributed by atoms with van der Waals surface area (Å²) < 4.78 is 0.783. The Hall–Kier alpha value is -1.35. The lowest BCUT2D eigenvalue weighted by Crippen LogP contribution is -2.50.